The molecule has 3 aromatic rings. The van der Waals surface area contributed by atoms with Crippen LogP contribution in [0.1, 0.15) is 29.8 Å². The highest BCUT2D eigenvalue weighted by molar-refractivity contribution is 7.93. The first-order valence-corrected chi connectivity index (χ1v) is 13.0. The van der Waals surface area contributed by atoms with Crippen molar-refractivity contribution in [2.75, 3.05) is 18.2 Å². The monoisotopic (exact) mass is 526 g/mol. The van der Waals surface area contributed by atoms with E-state index in [1.807, 2.05) is 0 Å². The number of carbonyl (C=O) groups is 2. The van der Waals surface area contributed by atoms with E-state index in [1.165, 1.54) is 25.3 Å². The first-order valence-electron chi connectivity index (χ1n) is 10.6. The molecule has 0 saturated carbocycles. The van der Waals surface area contributed by atoms with Crippen molar-refractivity contribution in [1.82, 2.24) is 10.2 Å². The molecule has 0 bridgehead atoms. The van der Waals surface area contributed by atoms with Crippen LogP contribution in [-0.4, -0.2) is 43.4 Å². The van der Waals surface area contributed by atoms with Crippen molar-refractivity contribution in [3.05, 3.63) is 65.2 Å². The van der Waals surface area contributed by atoms with Crippen LogP contribution in [0.2, 0.25) is 0 Å². The lowest BCUT2D eigenvalue weighted by atomic mass is 10.1. The molecule has 0 saturated heterocycles. The van der Waals surface area contributed by atoms with E-state index < -0.39 is 21.7 Å². The molecule has 186 valence electrons. The number of hydrogen-bond donors (Lipinski definition) is 1. The molecular formula is C24H22N4O6S2. The average molecular weight is 527 g/mol. The van der Waals surface area contributed by atoms with Gasteiger partial charge < -0.3 is 9.47 Å². The van der Waals surface area contributed by atoms with Gasteiger partial charge in [-0.15, -0.1) is 10.2 Å². The van der Waals surface area contributed by atoms with Crippen molar-refractivity contribution >= 4 is 44.3 Å². The summed E-state index contributed by atoms with van der Waals surface area (Å²) in [4.78, 5) is 24.9. The molecule has 1 N–H and O–H groups in total. The molecular weight excluding hydrogens is 504 g/mol. The van der Waals surface area contributed by atoms with Crippen molar-refractivity contribution in [2.45, 2.75) is 18.2 Å². The molecule has 36 heavy (non-hydrogen) atoms. The molecule has 3 rings (SSSR count). The van der Waals surface area contributed by atoms with E-state index in [9.17, 15) is 23.3 Å². The van der Waals surface area contributed by atoms with Gasteiger partial charge in [-0.2, -0.15) is 5.26 Å². The van der Waals surface area contributed by atoms with Gasteiger partial charge in [0.05, 0.1) is 18.4 Å². The summed E-state index contributed by atoms with van der Waals surface area (Å²) in [6.07, 6.45) is 1.30. The summed E-state index contributed by atoms with van der Waals surface area (Å²) in [5.41, 5.74) is 0.521. The summed E-state index contributed by atoms with van der Waals surface area (Å²) in [7, 11) is -2.23. The summed E-state index contributed by atoms with van der Waals surface area (Å²) in [6.45, 7) is 3.53. The van der Waals surface area contributed by atoms with E-state index >= 15 is 0 Å². The molecule has 0 spiro atoms. The third-order valence-corrected chi connectivity index (χ3v) is 7.89. The number of nitriles is 1. The van der Waals surface area contributed by atoms with Gasteiger partial charge in [0.15, 0.2) is 11.5 Å². The van der Waals surface area contributed by atoms with Crippen LogP contribution in [-0.2, 0) is 14.6 Å². The van der Waals surface area contributed by atoms with Gasteiger partial charge in [-0.3, -0.25) is 10.1 Å². The lowest BCUT2D eigenvalue weighted by Gasteiger charge is -2.10. The smallest absolute Gasteiger partial charge is 0.343 e. The Morgan fingerprint density at radius 1 is 1.14 bits per heavy atom. The Balaban J connectivity index is 1.76. The second-order valence-corrected chi connectivity index (χ2v) is 11.0. The number of carbonyl (C=O) groups excluding carboxylic acids is 2. The minimum Gasteiger partial charge on any atom is -0.493 e. The SMILES string of the molecule is COc1cc(C=C(C#N)C(=O)Nc2nnc(S(=O)(=O)CC(C)C)s2)ccc1OC(=O)c1ccccc1. The number of anilines is 1. The number of amides is 1. The molecule has 1 heterocycles. The van der Waals surface area contributed by atoms with Crippen LogP contribution in [0.15, 0.2) is 58.4 Å². The highest BCUT2D eigenvalue weighted by Gasteiger charge is 2.23. The largest absolute Gasteiger partial charge is 0.493 e. The van der Waals surface area contributed by atoms with Crippen molar-refractivity contribution in [1.29, 1.82) is 5.26 Å². The fourth-order valence-corrected chi connectivity index (χ4v) is 5.57. The molecule has 0 atom stereocenters. The van der Waals surface area contributed by atoms with Crippen molar-refractivity contribution < 1.29 is 27.5 Å². The molecule has 10 nitrogen and oxygen atoms in total. The van der Waals surface area contributed by atoms with Gasteiger partial charge in [-0.1, -0.05) is 49.4 Å². The van der Waals surface area contributed by atoms with Crippen molar-refractivity contribution in [2.24, 2.45) is 5.92 Å². The van der Waals surface area contributed by atoms with Gasteiger partial charge in [0, 0.05) is 0 Å². The Kier molecular flexibility index (Phi) is 8.52. The number of nitrogens with one attached hydrogen (secondary N) is 1. The Morgan fingerprint density at radius 2 is 1.86 bits per heavy atom. The van der Waals surface area contributed by atoms with Gasteiger partial charge in [-0.25, -0.2) is 13.2 Å². The predicted octanol–water partition coefficient (Wildman–Crippen LogP) is 3.74. The van der Waals surface area contributed by atoms with Crippen LogP contribution in [0.25, 0.3) is 6.08 Å². The second-order valence-electron chi connectivity index (χ2n) is 7.84. The molecule has 1 amide bonds. The number of hydrogen-bond acceptors (Lipinski definition) is 10. The van der Waals surface area contributed by atoms with Crippen LogP contribution >= 0.6 is 11.3 Å². The zero-order chi connectivity index (χ0) is 26.3. The van der Waals surface area contributed by atoms with Crippen LogP contribution < -0.4 is 14.8 Å². The Labute approximate surface area is 212 Å². The zero-order valence-corrected chi connectivity index (χ0v) is 21.2. The van der Waals surface area contributed by atoms with Crippen molar-refractivity contribution in [3.8, 4) is 17.6 Å². The number of aromatic nitrogens is 2. The third-order valence-electron chi connectivity index (χ3n) is 4.52. The van der Waals surface area contributed by atoms with Crippen LogP contribution in [0.5, 0.6) is 11.5 Å². The third kappa shape index (κ3) is 6.74. The van der Waals surface area contributed by atoms with E-state index in [2.05, 4.69) is 15.5 Å². The topological polar surface area (TPSA) is 148 Å². The van der Waals surface area contributed by atoms with E-state index in [-0.39, 0.29) is 38.2 Å². The van der Waals surface area contributed by atoms with E-state index in [0.717, 1.165) is 0 Å². The Morgan fingerprint density at radius 3 is 2.50 bits per heavy atom. The Bertz CT molecular complexity index is 1440. The molecule has 0 aliphatic rings. The molecule has 1 aromatic heterocycles. The molecule has 0 aliphatic heterocycles. The number of esters is 1. The lowest BCUT2D eigenvalue weighted by molar-refractivity contribution is -0.112. The van der Waals surface area contributed by atoms with Crippen molar-refractivity contribution in [3.63, 3.8) is 0 Å². The lowest BCUT2D eigenvalue weighted by Crippen LogP contribution is -2.13. The highest BCUT2D eigenvalue weighted by atomic mass is 32.2. The quantitative estimate of drug-likeness (QED) is 0.145. The maximum absolute atomic E-state index is 12.6. The minimum absolute atomic E-state index is 0.0516. The minimum atomic E-state index is -3.62. The summed E-state index contributed by atoms with van der Waals surface area (Å²) in [5.74, 6) is -1.18. The second kappa shape index (κ2) is 11.6. The normalized spacial score (nSPS) is 11.6. The number of sulfone groups is 1. The predicted molar refractivity (Wildman–Crippen MR) is 133 cm³/mol. The summed E-state index contributed by atoms with van der Waals surface area (Å²) < 4.78 is 35.1. The number of methoxy groups -OCH3 is 1. The maximum atomic E-state index is 12.6. The molecule has 12 heteroatoms. The number of rotatable bonds is 9. The standard InChI is InChI=1S/C24H22N4O6S2/c1-15(2)14-36(31,32)24-28-27-23(35-24)26-21(29)18(13-25)11-16-9-10-19(20(12-16)33-3)34-22(30)17-7-5-4-6-8-17/h4-12,15H,14H2,1-3H3,(H,26,27,29). The first-order chi connectivity index (χ1) is 17.1. The highest BCUT2D eigenvalue weighted by Crippen LogP contribution is 2.30. The first kappa shape index (κ1) is 26.5. The fraction of sp³-hybridized carbons (Fsp3) is 0.208. The maximum Gasteiger partial charge on any atom is 0.343 e. The molecule has 0 radical (unpaired) electrons. The van der Waals surface area contributed by atoms with E-state index in [4.69, 9.17) is 9.47 Å². The van der Waals surface area contributed by atoms with Crippen LogP contribution in [0.3, 0.4) is 0 Å². The molecule has 0 aliphatic carbocycles. The summed E-state index contributed by atoms with van der Waals surface area (Å²) >= 11 is 0.709. The van der Waals surface area contributed by atoms with E-state index in [0.29, 0.717) is 22.5 Å². The number of ether oxygens (including phenoxy) is 2. The molecule has 0 unspecified atom stereocenters. The molecule has 2 aromatic carbocycles. The van der Waals surface area contributed by atoms with Gasteiger partial charge >= 0.3 is 5.97 Å². The van der Waals surface area contributed by atoms with Crippen LogP contribution in [0.4, 0.5) is 5.13 Å². The zero-order valence-electron chi connectivity index (χ0n) is 19.6. The summed E-state index contributed by atoms with van der Waals surface area (Å²) in [5, 5.41) is 19.2. The van der Waals surface area contributed by atoms with Gasteiger partial charge in [0.25, 0.3) is 5.91 Å². The van der Waals surface area contributed by atoms with E-state index in [1.54, 1.807) is 56.3 Å². The van der Waals surface area contributed by atoms with Crippen LogP contribution in [0, 0.1) is 17.2 Å². The van der Waals surface area contributed by atoms with Gasteiger partial charge in [0.1, 0.15) is 11.6 Å². The average Bonchev–Trinajstić information content (AvgIpc) is 3.32. The Hall–Kier alpha value is -4.08. The number of nitrogens with zero attached hydrogens (tertiary/aromatic N) is 3. The summed E-state index contributed by atoms with van der Waals surface area (Å²) in [6, 6.07) is 14.8. The van der Waals surface area contributed by atoms with Gasteiger partial charge in [-0.05, 0) is 41.8 Å². The fourth-order valence-electron chi connectivity index (χ4n) is 2.97. The molecule has 0 fully saturated rings. The van der Waals surface area contributed by atoms with Gasteiger partial charge in [0.2, 0.25) is 19.3 Å². The number of benzene rings is 2.